The van der Waals surface area contributed by atoms with Crippen LogP contribution < -0.4 is 53.6 Å². The first-order chi connectivity index (χ1) is 44.4. The molecule has 0 spiro atoms. The van der Waals surface area contributed by atoms with Crippen LogP contribution in [0.4, 0.5) is 0 Å². The molecule has 2 fully saturated rings. The van der Waals surface area contributed by atoms with Crippen LogP contribution in [0.15, 0.2) is 24.3 Å². The molecule has 37 heteroatoms. The van der Waals surface area contributed by atoms with Crippen LogP contribution in [-0.4, -0.2) is 266 Å². The zero-order chi connectivity index (χ0) is 71.9. The smallest absolute Gasteiger partial charge is 0.328 e. The Bertz CT molecular complexity index is 2930. The Labute approximate surface area is 544 Å². The van der Waals surface area contributed by atoms with Gasteiger partial charge in [0.15, 0.2) is 0 Å². The minimum Gasteiger partial charge on any atom is -0.508 e. The van der Waals surface area contributed by atoms with E-state index in [-0.39, 0.29) is 50.9 Å². The molecule has 3 rings (SSSR count). The normalized spacial score (nSPS) is 19.2. The largest absolute Gasteiger partial charge is 0.508 e. The van der Waals surface area contributed by atoms with Crippen LogP contribution in [0.5, 0.6) is 5.75 Å². The van der Waals surface area contributed by atoms with Crippen molar-refractivity contribution in [3.63, 3.8) is 0 Å². The Morgan fingerprint density at radius 2 is 0.863 bits per heavy atom. The van der Waals surface area contributed by atoms with Crippen molar-refractivity contribution in [3.05, 3.63) is 29.8 Å². The summed E-state index contributed by atoms with van der Waals surface area (Å²) < 4.78 is 0. The highest BCUT2D eigenvalue weighted by Crippen LogP contribution is 2.23. The van der Waals surface area contributed by atoms with Gasteiger partial charge in [-0.15, -0.1) is 0 Å². The van der Waals surface area contributed by atoms with Gasteiger partial charge in [-0.25, -0.2) is 4.79 Å². The molecule has 2 saturated heterocycles. The summed E-state index contributed by atoms with van der Waals surface area (Å²) in [5.74, 6) is -19.6. The van der Waals surface area contributed by atoms with E-state index in [1.54, 1.807) is 13.8 Å². The highest BCUT2D eigenvalue weighted by molar-refractivity contribution is 6.00. The maximum atomic E-state index is 14.5. The topological polar surface area (TPSA) is 599 Å². The molecule has 1 aromatic carbocycles. The minimum absolute atomic E-state index is 0.0579. The van der Waals surface area contributed by atoms with Crippen LogP contribution in [0.25, 0.3) is 0 Å². The average molecular weight is 1350 g/mol. The number of nitrogens with one attached hydrogen (secondary N) is 9. The molecule has 530 valence electrons. The van der Waals surface area contributed by atoms with Crippen molar-refractivity contribution in [2.75, 3.05) is 19.7 Å². The highest BCUT2D eigenvalue weighted by Gasteiger charge is 2.44. The standard InChI is InChI=1S/C58H88N12O25/c1-7-25(2)42(64-49(85)37-10-8-20-69(37)56(92)32(59)16-18-39(77)78)51(87)62-34(22-30-12-14-31(76)15-13-30)47(83)61-35(23-41(81)82)48(84)60-33(17-19-40(79)80)57(93)70-21-9-11-38(70)50(86)65-44(27(4)73)53(89)67-46(29(6)75)55(91)68-45(28(5)74)54(90)66-43(26(3)72)52(88)63-36(24-71)58(94)95/h12-15,25-29,32-38,42-46,71-76H,7-11,16-24,59H2,1-6H3,(H,60,84)(H,61,83)(H,62,87)(H,63,88)(H,64,85)(H,65,86)(H,66,90)(H,67,89)(H,68,91)(H,77,78)(H,79,80)(H,81,82)(H,94,95)/t25-,26+,27+,28+,29+,32-,33-,34-,35-,36-,37-,38-,42-,43-,44-,45-,46-/m0/s1. The van der Waals surface area contributed by atoms with Crippen LogP contribution in [0.1, 0.15) is 111 Å². The van der Waals surface area contributed by atoms with Gasteiger partial charge in [0, 0.05) is 32.4 Å². The Balaban J connectivity index is 1.89. The Hall–Kier alpha value is -9.17. The van der Waals surface area contributed by atoms with Gasteiger partial charge in [-0.3, -0.25) is 67.1 Å². The van der Waals surface area contributed by atoms with Gasteiger partial charge in [0.2, 0.25) is 65.0 Å². The lowest BCUT2D eigenvalue weighted by atomic mass is 9.96. The summed E-state index contributed by atoms with van der Waals surface area (Å²) in [7, 11) is 0. The number of nitrogens with zero attached hydrogens (tertiary/aromatic N) is 2. The van der Waals surface area contributed by atoms with Gasteiger partial charge in [-0.1, -0.05) is 32.4 Å². The summed E-state index contributed by atoms with van der Waals surface area (Å²) in [4.78, 5) is 201. The lowest BCUT2D eigenvalue weighted by Gasteiger charge is -2.32. The predicted octanol–water partition coefficient (Wildman–Crippen LogP) is -7.54. The van der Waals surface area contributed by atoms with E-state index in [9.17, 15) is 118 Å². The van der Waals surface area contributed by atoms with E-state index in [1.165, 1.54) is 29.2 Å². The number of aliphatic carboxylic acids is 4. The van der Waals surface area contributed by atoms with Gasteiger partial charge in [-0.2, -0.15) is 0 Å². The molecular formula is C58H88N12O25. The molecule has 37 nitrogen and oxygen atoms in total. The molecule has 1 aromatic rings. The Morgan fingerprint density at radius 1 is 0.484 bits per heavy atom. The number of rotatable bonds is 38. The van der Waals surface area contributed by atoms with Gasteiger partial charge < -0.3 is 114 Å². The second-order valence-corrected chi connectivity index (χ2v) is 23.4. The third-order valence-electron chi connectivity index (χ3n) is 15.8. The second-order valence-electron chi connectivity index (χ2n) is 23.4. The van der Waals surface area contributed by atoms with Gasteiger partial charge >= 0.3 is 23.9 Å². The number of phenols is 1. The van der Waals surface area contributed by atoms with Gasteiger partial charge in [0.1, 0.15) is 72.2 Å². The Morgan fingerprint density at radius 3 is 1.28 bits per heavy atom. The molecule has 17 atom stereocenters. The molecule has 0 saturated carbocycles. The number of carboxylic acids is 4. The summed E-state index contributed by atoms with van der Waals surface area (Å²) in [6, 6.07) is -15.7. The summed E-state index contributed by atoms with van der Waals surface area (Å²) in [5.41, 5.74) is 6.28. The average Bonchev–Trinajstić information content (AvgIpc) is 1.79. The number of carbonyl (C=O) groups excluding carboxylic acids is 11. The Kier molecular flexibility index (Phi) is 31.7. The van der Waals surface area contributed by atoms with Crippen molar-refractivity contribution in [1.29, 1.82) is 0 Å². The van der Waals surface area contributed by atoms with Crippen molar-refractivity contribution in [3.8, 4) is 5.75 Å². The van der Waals surface area contributed by atoms with Crippen molar-refractivity contribution in [2.45, 2.75) is 209 Å². The zero-order valence-corrected chi connectivity index (χ0v) is 53.1. The van der Waals surface area contributed by atoms with Crippen LogP contribution in [-0.2, 0) is 78.3 Å². The van der Waals surface area contributed by atoms with E-state index >= 15 is 0 Å². The van der Waals surface area contributed by atoms with Crippen molar-refractivity contribution in [1.82, 2.24) is 57.7 Å². The molecule has 0 radical (unpaired) electrons. The van der Waals surface area contributed by atoms with E-state index in [4.69, 9.17) is 10.8 Å². The van der Waals surface area contributed by atoms with Gasteiger partial charge in [0.25, 0.3) is 0 Å². The van der Waals surface area contributed by atoms with E-state index in [0.717, 1.165) is 32.6 Å². The third-order valence-corrected chi connectivity index (χ3v) is 15.8. The van der Waals surface area contributed by atoms with E-state index < -0.39 is 230 Å². The van der Waals surface area contributed by atoms with Gasteiger partial charge in [0.05, 0.1) is 43.5 Å². The summed E-state index contributed by atoms with van der Waals surface area (Å²) in [6.45, 7) is 6.04. The van der Waals surface area contributed by atoms with Crippen LogP contribution in [0.2, 0.25) is 0 Å². The first-order valence-electron chi connectivity index (χ1n) is 30.5. The van der Waals surface area contributed by atoms with E-state index in [0.29, 0.717) is 12.0 Å². The number of aromatic hydroxyl groups is 1. The highest BCUT2D eigenvalue weighted by atomic mass is 16.4. The first kappa shape index (κ1) is 80.1. The molecule has 0 aliphatic carbocycles. The number of phenolic OH excluding ortho intramolecular Hbond substituents is 1. The molecule has 0 bridgehead atoms. The van der Waals surface area contributed by atoms with E-state index in [2.05, 4.69) is 37.2 Å². The predicted molar refractivity (Wildman–Crippen MR) is 324 cm³/mol. The number of benzene rings is 1. The first-order valence-corrected chi connectivity index (χ1v) is 30.5. The van der Waals surface area contributed by atoms with Gasteiger partial charge in [-0.05, 0) is 89.8 Å². The van der Waals surface area contributed by atoms with E-state index in [1.807, 2.05) is 10.6 Å². The number of hydrogen-bond donors (Lipinski definition) is 20. The lowest BCUT2D eigenvalue weighted by molar-refractivity contribution is -0.145. The number of amides is 11. The van der Waals surface area contributed by atoms with Crippen LogP contribution >= 0.6 is 0 Å². The van der Waals surface area contributed by atoms with Crippen LogP contribution in [0, 0.1) is 5.92 Å². The number of nitrogens with two attached hydrogens (primary N) is 1. The minimum atomic E-state index is -2.10. The number of carboxylic acid groups (broad SMARTS) is 4. The fourth-order valence-electron chi connectivity index (χ4n) is 10.2. The summed E-state index contributed by atoms with van der Waals surface area (Å²) in [6.07, 6.45) is -10.3. The molecule has 95 heavy (non-hydrogen) atoms. The number of likely N-dealkylation sites (tertiary alicyclic amines) is 2. The number of aliphatic hydroxyl groups excluding tert-OH is 5. The molecule has 2 heterocycles. The van der Waals surface area contributed by atoms with Crippen molar-refractivity contribution in [2.24, 2.45) is 11.7 Å². The molecular weight excluding hydrogens is 1260 g/mol. The SMILES string of the molecule is CC[C@H](C)[C@H](NC(=O)[C@@H]1CCCN1C(=O)[C@@H](N)CCC(=O)O)C(=O)N[C@@H](Cc1ccc(O)cc1)C(=O)N[C@@H](CC(=O)O)C(=O)N[C@@H](CCC(=O)O)C(=O)N1CCC[C@H]1C(=O)N[C@H](C(=O)N[C@H](C(=O)N[C@H](C(=O)N[C@H](C(=O)N[C@@H](CO)C(=O)O)[C@@H](C)O)[C@@H](C)O)[C@@H](C)O)[C@@H](C)O. The quantitative estimate of drug-likeness (QED) is 0.0292. The third kappa shape index (κ3) is 24.3. The summed E-state index contributed by atoms with van der Waals surface area (Å²) in [5, 5.41) is 120. The van der Waals surface area contributed by atoms with Crippen molar-refractivity contribution >= 4 is 88.9 Å². The molecule has 2 aliphatic heterocycles. The molecule has 21 N–H and O–H groups in total. The lowest BCUT2D eigenvalue weighted by Crippen LogP contribution is -2.65. The molecule has 0 unspecified atom stereocenters. The number of hydrogen-bond acceptors (Lipinski definition) is 22. The molecule has 2 aliphatic rings. The fourth-order valence-corrected chi connectivity index (χ4v) is 10.2. The van der Waals surface area contributed by atoms with Crippen LogP contribution in [0.3, 0.4) is 0 Å². The fraction of sp³-hybridized carbons (Fsp3) is 0.638. The second kappa shape index (κ2) is 37.7. The summed E-state index contributed by atoms with van der Waals surface area (Å²) >= 11 is 0. The zero-order valence-electron chi connectivity index (χ0n) is 53.1. The maximum absolute atomic E-state index is 14.5. The number of aliphatic hydroxyl groups is 5. The number of carbonyl (C=O) groups is 15. The monoisotopic (exact) mass is 1350 g/mol. The maximum Gasteiger partial charge on any atom is 0.328 e. The van der Waals surface area contributed by atoms with Crippen molar-refractivity contribution < 1.29 is 123 Å². The molecule has 11 amide bonds. The molecule has 0 aromatic heterocycles.